The third kappa shape index (κ3) is 3.36. The van der Waals surface area contributed by atoms with Crippen LogP contribution in [0.15, 0.2) is 54.6 Å². The number of nitrogens with one attached hydrogen (secondary N) is 1. The van der Waals surface area contributed by atoms with E-state index < -0.39 is 0 Å². The smallest absolute Gasteiger partial charge is 0.120 e. The summed E-state index contributed by atoms with van der Waals surface area (Å²) in [5.41, 5.74) is 2.23. The van der Waals surface area contributed by atoms with E-state index in [0.717, 1.165) is 12.0 Å². The molecule has 0 saturated carbocycles. The molecular weight excluding hydrogens is 234 g/mol. The number of rotatable bonds is 5. The molecule has 2 nitrogen and oxygen atoms in total. The number of hydrogen-bond donors (Lipinski definition) is 2. The van der Waals surface area contributed by atoms with Gasteiger partial charge in [-0.05, 0) is 25.0 Å². The van der Waals surface area contributed by atoms with E-state index in [1.165, 1.54) is 5.56 Å². The lowest BCUT2D eigenvalue weighted by molar-refractivity contribution is 0.419. The fourth-order valence-corrected chi connectivity index (χ4v) is 2.35. The Bertz CT molecular complexity index is 510. The third-order valence-corrected chi connectivity index (χ3v) is 3.47. The summed E-state index contributed by atoms with van der Waals surface area (Å²) in [4.78, 5) is 0. The predicted octanol–water partition coefficient (Wildman–Crippen LogP) is 4.19. The van der Waals surface area contributed by atoms with Gasteiger partial charge in [0.25, 0.3) is 0 Å². The maximum Gasteiger partial charge on any atom is 0.120 e. The largest absolute Gasteiger partial charge is 0.508 e. The van der Waals surface area contributed by atoms with Crippen molar-refractivity contribution in [1.82, 2.24) is 5.32 Å². The molecule has 0 aliphatic rings. The van der Waals surface area contributed by atoms with Crippen molar-refractivity contribution < 1.29 is 5.11 Å². The molecule has 0 heterocycles. The minimum Gasteiger partial charge on any atom is -0.508 e. The minimum absolute atomic E-state index is 0.163. The molecule has 2 heteroatoms. The van der Waals surface area contributed by atoms with E-state index in [4.69, 9.17) is 0 Å². The fraction of sp³-hybridized carbons (Fsp3) is 0.294. The normalized spacial score (nSPS) is 14.0. The summed E-state index contributed by atoms with van der Waals surface area (Å²) in [5, 5.41) is 13.5. The van der Waals surface area contributed by atoms with Gasteiger partial charge >= 0.3 is 0 Å². The zero-order chi connectivity index (χ0) is 13.7. The van der Waals surface area contributed by atoms with E-state index in [1.54, 1.807) is 6.07 Å². The molecule has 2 N–H and O–H groups in total. The average molecular weight is 255 g/mol. The van der Waals surface area contributed by atoms with Crippen LogP contribution in [0.3, 0.4) is 0 Å². The van der Waals surface area contributed by atoms with Gasteiger partial charge < -0.3 is 10.4 Å². The van der Waals surface area contributed by atoms with Gasteiger partial charge in [-0.2, -0.15) is 0 Å². The highest BCUT2D eigenvalue weighted by Gasteiger charge is 2.16. The molecule has 2 atom stereocenters. The molecule has 0 saturated heterocycles. The molecule has 0 aliphatic heterocycles. The van der Waals surface area contributed by atoms with Crippen molar-refractivity contribution in [2.75, 3.05) is 0 Å². The standard InChI is InChI=1S/C17H21NO/c1-3-16(15-11-7-8-12-17(15)19)18-13(2)14-9-5-4-6-10-14/h4-13,16,18-19H,3H2,1-2H3/t13-,16?/m1/s1. The number of hydrogen-bond acceptors (Lipinski definition) is 2. The molecule has 0 bridgehead atoms. The lowest BCUT2D eigenvalue weighted by atomic mass is 10.0. The Kier molecular flexibility index (Phi) is 4.58. The first-order valence-electron chi connectivity index (χ1n) is 6.81. The summed E-state index contributed by atoms with van der Waals surface area (Å²) < 4.78 is 0. The Morgan fingerprint density at radius 2 is 1.63 bits per heavy atom. The SMILES string of the molecule is CCC(N[C@H](C)c1ccccc1)c1ccccc1O. The van der Waals surface area contributed by atoms with Crippen LogP contribution in [0, 0.1) is 0 Å². The van der Waals surface area contributed by atoms with Crippen LogP contribution in [-0.2, 0) is 0 Å². The monoisotopic (exact) mass is 255 g/mol. The van der Waals surface area contributed by atoms with Crippen molar-refractivity contribution in [2.24, 2.45) is 0 Å². The van der Waals surface area contributed by atoms with Gasteiger partial charge in [-0.1, -0.05) is 55.5 Å². The van der Waals surface area contributed by atoms with Gasteiger partial charge in [0.1, 0.15) is 5.75 Å². The maximum atomic E-state index is 9.96. The van der Waals surface area contributed by atoms with Crippen molar-refractivity contribution in [3.63, 3.8) is 0 Å². The number of benzene rings is 2. The van der Waals surface area contributed by atoms with E-state index in [-0.39, 0.29) is 12.1 Å². The molecule has 0 amide bonds. The van der Waals surface area contributed by atoms with Crippen LogP contribution in [-0.4, -0.2) is 5.11 Å². The van der Waals surface area contributed by atoms with E-state index in [2.05, 4.69) is 43.4 Å². The first-order valence-corrected chi connectivity index (χ1v) is 6.81. The molecular formula is C17H21NO. The van der Waals surface area contributed by atoms with E-state index in [1.807, 2.05) is 24.3 Å². The summed E-state index contributed by atoms with van der Waals surface area (Å²) >= 11 is 0. The predicted molar refractivity (Wildman–Crippen MR) is 79.1 cm³/mol. The van der Waals surface area contributed by atoms with Crippen molar-refractivity contribution in [1.29, 1.82) is 0 Å². The summed E-state index contributed by atoms with van der Waals surface area (Å²) in [6.07, 6.45) is 0.939. The van der Waals surface area contributed by atoms with Gasteiger partial charge in [-0.3, -0.25) is 0 Å². The molecule has 2 aromatic carbocycles. The Labute approximate surface area is 115 Å². The minimum atomic E-state index is 0.163. The highest BCUT2D eigenvalue weighted by atomic mass is 16.3. The average Bonchev–Trinajstić information content (AvgIpc) is 2.46. The molecule has 100 valence electrons. The first-order chi connectivity index (χ1) is 9.22. The molecule has 0 aromatic heterocycles. The quantitative estimate of drug-likeness (QED) is 0.839. The van der Waals surface area contributed by atoms with Crippen molar-refractivity contribution >= 4 is 0 Å². The summed E-state index contributed by atoms with van der Waals surface area (Å²) in [6.45, 7) is 4.28. The van der Waals surface area contributed by atoms with Crippen LogP contribution in [0.25, 0.3) is 0 Å². The lowest BCUT2D eigenvalue weighted by Gasteiger charge is -2.23. The lowest BCUT2D eigenvalue weighted by Crippen LogP contribution is -2.24. The Morgan fingerprint density at radius 3 is 2.26 bits per heavy atom. The molecule has 19 heavy (non-hydrogen) atoms. The van der Waals surface area contributed by atoms with Gasteiger partial charge in [0, 0.05) is 17.6 Å². The second-order valence-corrected chi connectivity index (χ2v) is 4.82. The summed E-state index contributed by atoms with van der Waals surface area (Å²) in [7, 11) is 0. The maximum absolute atomic E-state index is 9.96. The molecule has 0 radical (unpaired) electrons. The molecule has 0 spiro atoms. The summed E-state index contributed by atoms with van der Waals surface area (Å²) in [5.74, 6) is 0.363. The number of aromatic hydroxyl groups is 1. The molecule has 0 fully saturated rings. The van der Waals surface area contributed by atoms with Gasteiger partial charge in [0.2, 0.25) is 0 Å². The highest BCUT2D eigenvalue weighted by molar-refractivity contribution is 5.34. The van der Waals surface area contributed by atoms with Crippen molar-refractivity contribution in [2.45, 2.75) is 32.4 Å². The highest BCUT2D eigenvalue weighted by Crippen LogP contribution is 2.28. The topological polar surface area (TPSA) is 32.3 Å². The second-order valence-electron chi connectivity index (χ2n) is 4.82. The van der Waals surface area contributed by atoms with Crippen LogP contribution in [0.4, 0.5) is 0 Å². The molecule has 2 rings (SSSR count). The van der Waals surface area contributed by atoms with Crippen LogP contribution in [0.2, 0.25) is 0 Å². The summed E-state index contributed by atoms with van der Waals surface area (Å²) in [6, 6.07) is 18.3. The second kappa shape index (κ2) is 6.39. The molecule has 2 aromatic rings. The molecule has 1 unspecified atom stereocenters. The van der Waals surface area contributed by atoms with Crippen LogP contribution in [0.1, 0.15) is 43.5 Å². The number of para-hydroxylation sites is 1. The van der Waals surface area contributed by atoms with E-state index in [0.29, 0.717) is 5.75 Å². The number of phenols is 1. The van der Waals surface area contributed by atoms with Crippen LogP contribution >= 0.6 is 0 Å². The van der Waals surface area contributed by atoms with E-state index in [9.17, 15) is 5.11 Å². The first kappa shape index (κ1) is 13.6. The number of phenolic OH excluding ortho intramolecular Hbond substituents is 1. The van der Waals surface area contributed by atoms with Crippen molar-refractivity contribution in [3.05, 3.63) is 65.7 Å². The van der Waals surface area contributed by atoms with Crippen molar-refractivity contribution in [3.8, 4) is 5.75 Å². The van der Waals surface area contributed by atoms with Gasteiger partial charge in [-0.25, -0.2) is 0 Å². The van der Waals surface area contributed by atoms with Gasteiger partial charge in [0.15, 0.2) is 0 Å². The van der Waals surface area contributed by atoms with Crippen LogP contribution in [0.5, 0.6) is 5.75 Å². The zero-order valence-corrected chi connectivity index (χ0v) is 11.5. The molecule has 0 aliphatic carbocycles. The fourth-order valence-electron chi connectivity index (χ4n) is 2.35. The van der Waals surface area contributed by atoms with Gasteiger partial charge in [-0.15, -0.1) is 0 Å². The van der Waals surface area contributed by atoms with Crippen LogP contribution < -0.4 is 5.32 Å². The Morgan fingerprint density at radius 1 is 1.00 bits per heavy atom. The Hall–Kier alpha value is -1.80. The zero-order valence-electron chi connectivity index (χ0n) is 11.5. The van der Waals surface area contributed by atoms with Gasteiger partial charge in [0.05, 0.1) is 0 Å². The Balaban J connectivity index is 2.14. The van der Waals surface area contributed by atoms with E-state index >= 15 is 0 Å². The third-order valence-electron chi connectivity index (χ3n) is 3.47.